The highest BCUT2D eigenvalue weighted by atomic mass is 16.5. The molecule has 0 radical (unpaired) electrons. The molecule has 3 N–H and O–H groups in total. The molecular formula is C17H19NO3. The average Bonchev–Trinajstić information content (AvgIpc) is 2.53. The monoisotopic (exact) mass is 285 g/mol. The minimum atomic E-state index is -1.16. The van der Waals surface area contributed by atoms with Gasteiger partial charge in [0.1, 0.15) is 11.2 Å². The molecule has 110 valence electrons. The second kappa shape index (κ2) is 6.41. The van der Waals surface area contributed by atoms with Gasteiger partial charge in [0, 0.05) is 6.54 Å². The van der Waals surface area contributed by atoms with Crippen molar-refractivity contribution in [2.45, 2.75) is 11.8 Å². The zero-order valence-corrected chi connectivity index (χ0v) is 12.0. The zero-order valence-electron chi connectivity index (χ0n) is 12.0. The molecule has 1 unspecified atom stereocenters. The number of carboxylic acids is 1. The molecule has 0 aliphatic heterocycles. The second-order valence-corrected chi connectivity index (χ2v) is 4.95. The Morgan fingerprint density at radius 3 is 2.33 bits per heavy atom. The molecule has 0 saturated carbocycles. The van der Waals surface area contributed by atoms with Crippen LogP contribution in [0.1, 0.15) is 11.1 Å². The van der Waals surface area contributed by atoms with Crippen LogP contribution < -0.4 is 10.5 Å². The van der Waals surface area contributed by atoms with Gasteiger partial charge in [0.15, 0.2) is 0 Å². The van der Waals surface area contributed by atoms with Gasteiger partial charge in [-0.1, -0.05) is 48.5 Å². The summed E-state index contributed by atoms with van der Waals surface area (Å²) >= 11 is 0. The van der Waals surface area contributed by atoms with Crippen molar-refractivity contribution in [2.24, 2.45) is 5.73 Å². The lowest BCUT2D eigenvalue weighted by molar-refractivity contribution is -0.143. The van der Waals surface area contributed by atoms with Crippen LogP contribution in [-0.4, -0.2) is 24.7 Å². The highest BCUT2D eigenvalue weighted by Crippen LogP contribution is 2.31. The molecule has 4 nitrogen and oxygen atoms in total. The predicted molar refractivity (Wildman–Crippen MR) is 81.5 cm³/mol. The van der Waals surface area contributed by atoms with Gasteiger partial charge in [0.2, 0.25) is 0 Å². The fraction of sp³-hybridized carbons (Fsp3) is 0.235. The standard InChI is InChI=1S/C17H19NO3/c1-21-15-10-6-5-7-13(15)11-17(12-18,16(19)20)14-8-3-2-4-9-14/h2-10H,11-12,18H2,1H3,(H,19,20). The summed E-state index contributed by atoms with van der Waals surface area (Å²) in [5, 5.41) is 9.78. The minimum absolute atomic E-state index is 0.0182. The van der Waals surface area contributed by atoms with E-state index in [1.54, 1.807) is 19.2 Å². The maximum atomic E-state index is 11.9. The summed E-state index contributed by atoms with van der Waals surface area (Å²) in [5.74, 6) is -0.255. The quantitative estimate of drug-likeness (QED) is 0.853. The fourth-order valence-electron chi connectivity index (χ4n) is 2.51. The molecule has 21 heavy (non-hydrogen) atoms. The summed E-state index contributed by atoms with van der Waals surface area (Å²) in [7, 11) is 1.58. The van der Waals surface area contributed by atoms with E-state index in [0.717, 1.165) is 5.56 Å². The van der Waals surface area contributed by atoms with Crippen LogP contribution in [-0.2, 0) is 16.6 Å². The molecule has 0 amide bonds. The fourth-order valence-corrected chi connectivity index (χ4v) is 2.51. The Balaban J connectivity index is 2.49. The molecular weight excluding hydrogens is 266 g/mol. The largest absolute Gasteiger partial charge is 0.496 e. The maximum absolute atomic E-state index is 11.9. The van der Waals surface area contributed by atoms with Crippen LogP contribution in [0, 0.1) is 0 Å². The average molecular weight is 285 g/mol. The van der Waals surface area contributed by atoms with E-state index in [1.807, 2.05) is 42.5 Å². The van der Waals surface area contributed by atoms with Crippen molar-refractivity contribution in [3.8, 4) is 5.75 Å². The first-order valence-corrected chi connectivity index (χ1v) is 6.75. The van der Waals surface area contributed by atoms with E-state index in [9.17, 15) is 9.90 Å². The van der Waals surface area contributed by atoms with E-state index < -0.39 is 11.4 Å². The highest BCUT2D eigenvalue weighted by molar-refractivity contribution is 5.82. The number of carbonyl (C=O) groups is 1. The third kappa shape index (κ3) is 2.90. The molecule has 1 atom stereocenters. The summed E-state index contributed by atoms with van der Waals surface area (Å²) in [6, 6.07) is 16.5. The Morgan fingerprint density at radius 2 is 1.76 bits per heavy atom. The lowest BCUT2D eigenvalue weighted by Gasteiger charge is -2.29. The van der Waals surface area contributed by atoms with E-state index >= 15 is 0 Å². The Kier molecular flexibility index (Phi) is 4.60. The van der Waals surface area contributed by atoms with Gasteiger partial charge >= 0.3 is 5.97 Å². The zero-order chi connectivity index (χ0) is 15.3. The topological polar surface area (TPSA) is 72.5 Å². The molecule has 2 rings (SSSR count). The highest BCUT2D eigenvalue weighted by Gasteiger charge is 2.39. The second-order valence-electron chi connectivity index (χ2n) is 4.95. The number of ether oxygens (including phenoxy) is 1. The van der Waals surface area contributed by atoms with Crippen LogP contribution >= 0.6 is 0 Å². The van der Waals surface area contributed by atoms with Gasteiger partial charge in [-0.05, 0) is 23.6 Å². The number of benzene rings is 2. The number of nitrogens with two attached hydrogens (primary N) is 1. The first kappa shape index (κ1) is 15.1. The van der Waals surface area contributed by atoms with Gasteiger partial charge in [-0.2, -0.15) is 0 Å². The smallest absolute Gasteiger partial charge is 0.315 e. The number of methoxy groups -OCH3 is 1. The van der Waals surface area contributed by atoms with Crippen molar-refractivity contribution < 1.29 is 14.6 Å². The number of hydrogen-bond donors (Lipinski definition) is 2. The molecule has 0 aliphatic rings. The van der Waals surface area contributed by atoms with Crippen LogP contribution in [0.25, 0.3) is 0 Å². The molecule has 2 aromatic rings. The first-order valence-electron chi connectivity index (χ1n) is 6.75. The Bertz CT molecular complexity index is 612. The van der Waals surface area contributed by atoms with Gasteiger partial charge < -0.3 is 15.6 Å². The lowest BCUT2D eigenvalue weighted by Crippen LogP contribution is -2.45. The van der Waals surface area contributed by atoms with Crippen LogP contribution in [0.5, 0.6) is 5.75 Å². The van der Waals surface area contributed by atoms with E-state index in [0.29, 0.717) is 11.3 Å². The molecule has 2 aromatic carbocycles. The van der Waals surface area contributed by atoms with E-state index in [-0.39, 0.29) is 13.0 Å². The van der Waals surface area contributed by atoms with Crippen LogP contribution in [0.15, 0.2) is 54.6 Å². The Morgan fingerprint density at radius 1 is 1.14 bits per heavy atom. The van der Waals surface area contributed by atoms with E-state index in [2.05, 4.69) is 0 Å². The number of carboxylic acid groups (broad SMARTS) is 1. The van der Waals surface area contributed by atoms with Crippen molar-refractivity contribution in [3.63, 3.8) is 0 Å². The first-order chi connectivity index (χ1) is 10.1. The van der Waals surface area contributed by atoms with Crippen molar-refractivity contribution >= 4 is 5.97 Å². The normalized spacial score (nSPS) is 13.4. The summed E-state index contributed by atoms with van der Waals surface area (Å²) in [5.41, 5.74) is 6.23. The minimum Gasteiger partial charge on any atom is -0.496 e. The van der Waals surface area contributed by atoms with E-state index in [1.165, 1.54) is 0 Å². The molecule has 4 heteroatoms. The summed E-state index contributed by atoms with van der Waals surface area (Å²) in [6.45, 7) is 0.0182. The maximum Gasteiger partial charge on any atom is 0.315 e. The van der Waals surface area contributed by atoms with E-state index in [4.69, 9.17) is 10.5 Å². The number of rotatable bonds is 6. The SMILES string of the molecule is COc1ccccc1CC(CN)(C(=O)O)c1ccccc1. The van der Waals surface area contributed by atoms with Gasteiger partial charge in [-0.25, -0.2) is 0 Å². The summed E-state index contributed by atoms with van der Waals surface area (Å²) in [4.78, 5) is 11.9. The van der Waals surface area contributed by atoms with Gasteiger partial charge in [0.25, 0.3) is 0 Å². The Hall–Kier alpha value is -2.33. The van der Waals surface area contributed by atoms with Crippen molar-refractivity contribution in [2.75, 3.05) is 13.7 Å². The van der Waals surface area contributed by atoms with Crippen LogP contribution in [0.4, 0.5) is 0 Å². The van der Waals surface area contributed by atoms with Gasteiger partial charge in [-0.3, -0.25) is 4.79 Å². The summed E-state index contributed by atoms with van der Waals surface area (Å²) < 4.78 is 5.32. The molecule has 0 spiro atoms. The molecule has 0 aliphatic carbocycles. The van der Waals surface area contributed by atoms with Gasteiger partial charge in [-0.15, -0.1) is 0 Å². The molecule has 0 saturated heterocycles. The predicted octanol–water partition coefficient (Wildman–Crippen LogP) is 2.22. The third-order valence-electron chi connectivity index (χ3n) is 3.77. The van der Waals surface area contributed by atoms with Gasteiger partial charge in [0.05, 0.1) is 7.11 Å². The number of aliphatic carboxylic acids is 1. The number of hydrogen-bond acceptors (Lipinski definition) is 3. The molecule has 0 bridgehead atoms. The molecule has 0 aromatic heterocycles. The van der Waals surface area contributed by atoms with Crippen molar-refractivity contribution in [1.29, 1.82) is 0 Å². The van der Waals surface area contributed by atoms with Crippen molar-refractivity contribution in [1.82, 2.24) is 0 Å². The third-order valence-corrected chi connectivity index (χ3v) is 3.77. The molecule has 0 heterocycles. The lowest BCUT2D eigenvalue weighted by atomic mass is 9.75. The van der Waals surface area contributed by atoms with Crippen molar-refractivity contribution in [3.05, 3.63) is 65.7 Å². The Labute approximate surface area is 124 Å². The molecule has 0 fully saturated rings. The summed E-state index contributed by atoms with van der Waals surface area (Å²) in [6.07, 6.45) is 0.285. The number of para-hydroxylation sites is 1. The van der Waals surface area contributed by atoms with Crippen LogP contribution in [0.3, 0.4) is 0 Å². The van der Waals surface area contributed by atoms with Crippen LogP contribution in [0.2, 0.25) is 0 Å².